The highest BCUT2D eigenvalue weighted by Crippen LogP contribution is 2.21. The van der Waals surface area contributed by atoms with E-state index in [0.717, 1.165) is 11.3 Å². The van der Waals surface area contributed by atoms with Gasteiger partial charge in [0, 0.05) is 10.7 Å². The number of nitrogens with one attached hydrogen (secondary N) is 1. The third kappa shape index (κ3) is 3.29. The summed E-state index contributed by atoms with van der Waals surface area (Å²) in [4.78, 5) is 11.2. The molecule has 0 saturated heterocycles. The van der Waals surface area contributed by atoms with Crippen LogP contribution in [0.5, 0.6) is 0 Å². The molecule has 2 aromatic rings. The molecule has 2 rings (SSSR count). The first-order valence-corrected chi connectivity index (χ1v) is 6.15. The molecule has 0 saturated carbocycles. The number of hydrogen-bond donors (Lipinski definition) is 1. The molecule has 0 aliphatic rings. The Hall–Kier alpha value is -1.94. The number of carbonyl (C=O) groups is 1. The third-order valence-electron chi connectivity index (χ3n) is 2.70. The van der Waals surface area contributed by atoms with Crippen molar-refractivity contribution in [2.45, 2.75) is 13.5 Å². The average Bonchev–Trinajstić information content (AvgIpc) is 2.88. The van der Waals surface area contributed by atoms with E-state index in [-0.39, 0.29) is 5.76 Å². The van der Waals surface area contributed by atoms with Crippen LogP contribution in [-0.4, -0.2) is 13.1 Å². The van der Waals surface area contributed by atoms with E-state index in [9.17, 15) is 4.79 Å². The maximum absolute atomic E-state index is 11.2. The van der Waals surface area contributed by atoms with Crippen molar-refractivity contribution >= 4 is 23.3 Å². The number of halogens is 1. The maximum Gasteiger partial charge on any atom is 0.373 e. The van der Waals surface area contributed by atoms with Gasteiger partial charge in [-0.1, -0.05) is 17.7 Å². The van der Waals surface area contributed by atoms with Crippen molar-refractivity contribution in [3.05, 3.63) is 52.4 Å². The van der Waals surface area contributed by atoms with Gasteiger partial charge in [-0.05, 0) is 36.8 Å². The molecular weight excluding hydrogens is 266 g/mol. The number of aryl methyl sites for hydroxylation is 1. The van der Waals surface area contributed by atoms with Gasteiger partial charge in [0.25, 0.3) is 0 Å². The molecule has 0 fully saturated rings. The number of benzene rings is 1. The monoisotopic (exact) mass is 279 g/mol. The fourth-order valence-corrected chi connectivity index (χ4v) is 1.82. The van der Waals surface area contributed by atoms with Gasteiger partial charge in [0.2, 0.25) is 5.76 Å². The molecule has 0 aliphatic carbocycles. The maximum atomic E-state index is 11.2. The second kappa shape index (κ2) is 5.80. The Morgan fingerprint density at radius 1 is 1.37 bits per heavy atom. The Kier molecular flexibility index (Phi) is 4.12. The minimum Gasteiger partial charge on any atom is -0.463 e. The molecule has 1 N–H and O–H groups in total. The smallest absolute Gasteiger partial charge is 0.373 e. The van der Waals surface area contributed by atoms with Gasteiger partial charge < -0.3 is 14.5 Å². The number of esters is 1. The zero-order valence-corrected chi connectivity index (χ0v) is 11.5. The summed E-state index contributed by atoms with van der Waals surface area (Å²) in [5.74, 6) is 0.368. The van der Waals surface area contributed by atoms with Crippen LogP contribution < -0.4 is 5.32 Å². The topological polar surface area (TPSA) is 51.5 Å². The van der Waals surface area contributed by atoms with E-state index >= 15 is 0 Å². The first kappa shape index (κ1) is 13.5. The van der Waals surface area contributed by atoms with E-state index in [2.05, 4.69) is 10.1 Å². The van der Waals surface area contributed by atoms with E-state index in [1.165, 1.54) is 7.11 Å². The van der Waals surface area contributed by atoms with Crippen LogP contribution in [0.15, 0.2) is 34.7 Å². The van der Waals surface area contributed by atoms with Gasteiger partial charge in [-0.2, -0.15) is 0 Å². The number of anilines is 1. The van der Waals surface area contributed by atoms with Crippen molar-refractivity contribution < 1.29 is 13.9 Å². The fourth-order valence-electron chi connectivity index (χ4n) is 1.65. The molecule has 0 bridgehead atoms. The lowest BCUT2D eigenvalue weighted by Crippen LogP contribution is -2.01. The van der Waals surface area contributed by atoms with Gasteiger partial charge in [0.05, 0.1) is 13.7 Å². The highest BCUT2D eigenvalue weighted by molar-refractivity contribution is 6.30. The zero-order chi connectivity index (χ0) is 13.8. The lowest BCUT2D eigenvalue weighted by atomic mass is 10.2. The lowest BCUT2D eigenvalue weighted by molar-refractivity contribution is 0.0563. The summed E-state index contributed by atoms with van der Waals surface area (Å²) in [6.07, 6.45) is 0. The molecule has 0 amide bonds. The van der Waals surface area contributed by atoms with E-state index in [1.807, 2.05) is 25.1 Å². The predicted molar refractivity (Wildman–Crippen MR) is 73.6 cm³/mol. The highest BCUT2D eigenvalue weighted by atomic mass is 35.5. The Labute approximate surface area is 116 Å². The number of carbonyl (C=O) groups excluding carboxylic acids is 1. The molecule has 1 heterocycles. The molecule has 1 aromatic carbocycles. The second-order valence-corrected chi connectivity index (χ2v) is 4.51. The van der Waals surface area contributed by atoms with Gasteiger partial charge in [-0.3, -0.25) is 0 Å². The molecule has 100 valence electrons. The minimum atomic E-state index is -0.481. The van der Waals surface area contributed by atoms with Crippen LogP contribution in [0.1, 0.15) is 21.9 Å². The SMILES string of the molecule is COC(=O)c1ccc(CNc2cc(Cl)ccc2C)o1. The van der Waals surface area contributed by atoms with E-state index in [0.29, 0.717) is 17.3 Å². The normalized spacial score (nSPS) is 10.3. The summed E-state index contributed by atoms with van der Waals surface area (Å²) in [6.45, 7) is 2.46. The van der Waals surface area contributed by atoms with Gasteiger partial charge >= 0.3 is 5.97 Å². The summed E-state index contributed by atoms with van der Waals surface area (Å²) >= 11 is 5.94. The highest BCUT2D eigenvalue weighted by Gasteiger charge is 2.11. The molecule has 0 spiro atoms. The number of hydrogen-bond acceptors (Lipinski definition) is 4. The summed E-state index contributed by atoms with van der Waals surface area (Å²) in [5.41, 5.74) is 2.02. The molecule has 19 heavy (non-hydrogen) atoms. The molecule has 0 unspecified atom stereocenters. The van der Waals surface area contributed by atoms with Crippen molar-refractivity contribution in [1.29, 1.82) is 0 Å². The zero-order valence-electron chi connectivity index (χ0n) is 10.7. The van der Waals surface area contributed by atoms with Crippen LogP contribution in [0.4, 0.5) is 5.69 Å². The Bertz CT molecular complexity index is 592. The molecule has 0 radical (unpaired) electrons. The first-order chi connectivity index (χ1) is 9.10. The molecule has 4 nitrogen and oxygen atoms in total. The van der Waals surface area contributed by atoms with Gasteiger partial charge in [0.15, 0.2) is 0 Å². The molecule has 0 atom stereocenters. The first-order valence-electron chi connectivity index (χ1n) is 5.77. The van der Waals surface area contributed by atoms with E-state index in [1.54, 1.807) is 12.1 Å². The molecule has 0 aliphatic heterocycles. The van der Waals surface area contributed by atoms with Crippen molar-refractivity contribution in [3.63, 3.8) is 0 Å². The fraction of sp³-hybridized carbons (Fsp3) is 0.214. The van der Waals surface area contributed by atoms with E-state index in [4.69, 9.17) is 16.0 Å². The Balaban J connectivity index is 2.04. The standard InChI is InChI=1S/C14H14ClNO3/c1-9-3-4-10(15)7-12(9)16-8-11-5-6-13(19-11)14(17)18-2/h3-7,16H,8H2,1-2H3. The lowest BCUT2D eigenvalue weighted by Gasteiger charge is -2.08. The minimum absolute atomic E-state index is 0.196. The molecule has 1 aromatic heterocycles. The van der Waals surface area contributed by atoms with Crippen molar-refractivity contribution in [1.82, 2.24) is 0 Å². The van der Waals surface area contributed by atoms with Gasteiger partial charge in [0.1, 0.15) is 5.76 Å². The van der Waals surface area contributed by atoms with Gasteiger partial charge in [-0.25, -0.2) is 4.79 Å². The third-order valence-corrected chi connectivity index (χ3v) is 2.94. The Morgan fingerprint density at radius 3 is 2.89 bits per heavy atom. The number of methoxy groups -OCH3 is 1. The summed E-state index contributed by atoms with van der Waals surface area (Å²) in [6, 6.07) is 8.95. The van der Waals surface area contributed by atoms with Crippen molar-refractivity contribution in [2.75, 3.05) is 12.4 Å². The summed E-state index contributed by atoms with van der Waals surface area (Å²) < 4.78 is 9.93. The van der Waals surface area contributed by atoms with Crippen LogP contribution in [-0.2, 0) is 11.3 Å². The van der Waals surface area contributed by atoms with Gasteiger partial charge in [-0.15, -0.1) is 0 Å². The number of rotatable bonds is 4. The van der Waals surface area contributed by atoms with Crippen LogP contribution in [0.3, 0.4) is 0 Å². The van der Waals surface area contributed by atoms with Crippen LogP contribution in [0.2, 0.25) is 5.02 Å². The Morgan fingerprint density at radius 2 is 2.16 bits per heavy atom. The predicted octanol–water partition coefficient (Wildman–Crippen LogP) is 3.64. The van der Waals surface area contributed by atoms with E-state index < -0.39 is 5.97 Å². The van der Waals surface area contributed by atoms with Crippen LogP contribution in [0, 0.1) is 6.92 Å². The largest absolute Gasteiger partial charge is 0.463 e. The quantitative estimate of drug-likeness (QED) is 0.868. The number of ether oxygens (including phenoxy) is 1. The number of furan rings is 1. The second-order valence-electron chi connectivity index (χ2n) is 4.07. The van der Waals surface area contributed by atoms with Crippen molar-refractivity contribution in [2.24, 2.45) is 0 Å². The van der Waals surface area contributed by atoms with Crippen LogP contribution >= 0.6 is 11.6 Å². The summed E-state index contributed by atoms with van der Waals surface area (Å²) in [5, 5.41) is 3.88. The summed E-state index contributed by atoms with van der Waals surface area (Å²) in [7, 11) is 1.32. The molecule has 5 heteroatoms. The van der Waals surface area contributed by atoms with Crippen LogP contribution in [0.25, 0.3) is 0 Å². The molecular formula is C14H14ClNO3. The average molecular weight is 280 g/mol. The van der Waals surface area contributed by atoms with Crippen molar-refractivity contribution in [3.8, 4) is 0 Å².